The first-order valence-corrected chi connectivity index (χ1v) is 10.3. The van der Waals surface area contributed by atoms with Crippen LogP contribution in [0.1, 0.15) is 23.2 Å². The van der Waals surface area contributed by atoms with Crippen molar-refractivity contribution in [1.82, 2.24) is 10.3 Å². The van der Waals surface area contributed by atoms with Gasteiger partial charge >= 0.3 is 0 Å². The summed E-state index contributed by atoms with van der Waals surface area (Å²) < 4.78 is 13.5. The number of para-hydroxylation sites is 1. The van der Waals surface area contributed by atoms with Gasteiger partial charge in [-0.1, -0.05) is 30.3 Å². The molecule has 7 nitrogen and oxygen atoms in total. The minimum absolute atomic E-state index is 0.107. The molecule has 1 aromatic heterocycles. The Labute approximate surface area is 188 Å². The number of hydrogen-bond acceptors (Lipinski definition) is 3. The van der Waals surface area contributed by atoms with E-state index in [2.05, 4.69) is 20.9 Å². The van der Waals surface area contributed by atoms with Gasteiger partial charge in [0.25, 0.3) is 5.91 Å². The smallest absolute Gasteiger partial charge is 0.256 e. The fourth-order valence-electron chi connectivity index (χ4n) is 4.18. The second kappa shape index (κ2) is 7.90. The SMILES string of the molecule is O=C1Nc2c(NC(=O)C3(c4ccc(F)cc4)CC=CNC3=O)cccc2C1=Cc1ccc[nH]1. The Morgan fingerprint density at radius 3 is 2.61 bits per heavy atom. The minimum atomic E-state index is -1.59. The van der Waals surface area contributed by atoms with Crippen LogP contribution in [0, 0.1) is 5.82 Å². The predicted octanol–water partition coefficient (Wildman–Crippen LogP) is 3.56. The van der Waals surface area contributed by atoms with Crippen LogP contribution in [-0.4, -0.2) is 22.7 Å². The number of anilines is 2. The third-order valence-corrected chi connectivity index (χ3v) is 5.88. The van der Waals surface area contributed by atoms with Crippen molar-refractivity contribution in [2.45, 2.75) is 11.8 Å². The average molecular weight is 442 g/mol. The van der Waals surface area contributed by atoms with Gasteiger partial charge in [-0.15, -0.1) is 0 Å². The van der Waals surface area contributed by atoms with Crippen LogP contribution in [0.25, 0.3) is 11.6 Å². The predicted molar refractivity (Wildman–Crippen MR) is 122 cm³/mol. The van der Waals surface area contributed by atoms with Gasteiger partial charge in [0.05, 0.1) is 16.9 Å². The Morgan fingerprint density at radius 2 is 1.88 bits per heavy atom. The van der Waals surface area contributed by atoms with E-state index in [0.717, 1.165) is 5.69 Å². The van der Waals surface area contributed by atoms with Gasteiger partial charge < -0.3 is 20.9 Å². The molecule has 8 heteroatoms. The molecule has 0 spiro atoms. The molecule has 3 heterocycles. The number of carbonyl (C=O) groups is 3. The van der Waals surface area contributed by atoms with E-state index in [4.69, 9.17) is 0 Å². The van der Waals surface area contributed by atoms with E-state index < -0.39 is 23.0 Å². The molecule has 33 heavy (non-hydrogen) atoms. The molecule has 3 amide bonds. The highest BCUT2D eigenvalue weighted by atomic mass is 19.1. The fourth-order valence-corrected chi connectivity index (χ4v) is 4.18. The molecule has 0 fully saturated rings. The molecule has 0 saturated heterocycles. The number of amides is 3. The number of benzene rings is 2. The zero-order valence-electron chi connectivity index (χ0n) is 17.3. The highest BCUT2D eigenvalue weighted by molar-refractivity contribution is 6.36. The van der Waals surface area contributed by atoms with Crippen LogP contribution in [0.5, 0.6) is 0 Å². The van der Waals surface area contributed by atoms with Crippen LogP contribution in [-0.2, 0) is 19.8 Å². The lowest BCUT2D eigenvalue weighted by atomic mass is 9.74. The molecule has 0 bridgehead atoms. The summed E-state index contributed by atoms with van der Waals surface area (Å²) in [6.07, 6.45) is 6.76. The number of hydrogen-bond donors (Lipinski definition) is 4. The van der Waals surface area contributed by atoms with Crippen molar-refractivity contribution in [3.63, 3.8) is 0 Å². The van der Waals surface area contributed by atoms with Crippen LogP contribution < -0.4 is 16.0 Å². The monoisotopic (exact) mass is 442 g/mol. The normalized spacial score (nSPS) is 20.3. The Morgan fingerprint density at radius 1 is 1.06 bits per heavy atom. The number of aromatic amines is 1. The van der Waals surface area contributed by atoms with Crippen molar-refractivity contribution >= 4 is 40.7 Å². The number of carbonyl (C=O) groups excluding carboxylic acids is 3. The van der Waals surface area contributed by atoms with Crippen molar-refractivity contribution in [3.05, 3.63) is 95.7 Å². The third-order valence-electron chi connectivity index (χ3n) is 5.88. The van der Waals surface area contributed by atoms with Gasteiger partial charge in [0, 0.05) is 17.5 Å². The van der Waals surface area contributed by atoms with Crippen LogP contribution in [0.4, 0.5) is 15.8 Å². The Bertz CT molecular complexity index is 1330. The maximum absolute atomic E-state index is 13.6. The molecule has 1 atom stereocenters. The summed E-state index contributed by atoms with van der Waals surface area (Å²) in [4.78, 5) is 42.2. The zero-order valence-corrected chi connectivity index (χ0v) is 17.3. The standard InChI is InChI=1S/C25H19FN4O3/c26-16-9-7-15(8-10-16)25(11-3-13-28-23(25)32)24(33)29-20-6-1-5-18-19(22(31)30-21(18)20)14-17-4-2-12-27-17/h1-10,12-14,27H,11H2,(H,28,32)(H,29,33)(H,30,31). The summed E-state index contributed by atoms with van der Waals surface area (Å²) in [5.74, 6) is -1.86. The van der Waals surface area contributed by atoms with E-state index in [9.17, 15) is 18.8 Å². The molecule has 164 valence electrons. The highest BCUT2D eigenvalue weighted by Gasteiger charge is 2.48. The van der Waals surface area contributed by atoms with Gasteiger partial charge in [-0.2, -0.15) is 0 Å². The van der Waals surface area contributed by atoms with E-state index in [0.29, 0.717) is 28.1 Å². The van der Waals surface area contributed by atoms with Crippen LogP contribution in [0.3, 0.4) is 0 Å². The van der Waals surface area contributed by atoms with E-state index in [-0.39, 0.29) is 12.3 Å². The maximum Gasteiger partial charge on any atom is 0.256 e. The molecule has 2 aliphatic rings. The quantitative estimate of drug-likeness (QED) is 0.367. The molecular formula is C25H19FN4O3. The maximum atomic E-state index is 13.6. The molecular weight excluding hydrogens is 423 g/mol. The average Bonchev–Trinajstić information content (AvgIpc) is 3.44. The fraction of sp³-hybridized carbons (Fsp3) is 0.0800. The molecule has 4 N–H and O–H groups in total. The lowest BCUT2D eigenvalue weighted by Crippen LogP contribution is -2.53. The van der Waals surface area contributed by atoms with Crippen LogP contribution in [0.2, 0.25) is 0 Å². The second-order valence-electron chi connectivity index (χ2n) is 7.81. The summed E-state index contributed by atoms with van der Waals surface area (Å²) in [6, 6.07) is 14.1. The summed E-state index contributed by atoms with van der Waals surface area (Å²) in [7, 11) is 0. The largest absolute Gasteiger partial charge is 0.362 e. The molecule has 0 aliphatic carbocycles. The van der Waals surface area contributed by atoms with Gasteiger partial charge in [-0.3, -0.25) is 14.4 Å². The topological polar surface area (TPSA) is 103 Å². The minimum Gasteiger partial charge on any atom is -0.362 e. The first kappa shape index (κ1) is 20.4. The van der Waals surface area contributed by atoms with Crippen molar-refractivity contribution in [1.29, 1.82) is 0 Å². The first-order chi connectivity index (χ1) is 16.0. The van der Waals surface area contributed by atoms with Crippen molar-refractivity contribution in [2.75, 3.05) is 10.6 Å². The Balaban J connectivity index is 1.53. The zero-order chi connectivity index (χ0) is 23.0. The van der Waals surface area contributed by atoms with Gasteiger partial charge in [-0.25, -0.2) is 4.39 Å². The van der Waals surface area contributed by atoms with Crippen molar-refractivity contribution in [3.8, 4) is 0 Å². The van der Waals surface area contributed by atoms with Crippen molar-refractivity contribution < 1.29 is 18.8 Å². The first-order valence-electron chi connectivity index (χ1n) is 10.3. The van der Waals surface area contributed by atoms with E-state index in [1.807, 2.05) is 12.1 Å². The third kappa shape index (κ3) is 3.41. The van der Waals surface area contributed by atoms with E-state index in [1.54, 1.807) is 36.5 Å². The molecule has 3 aromatic rings. The number of allylic oxidation sites excluding steroid dienone is 1. The number of aromatic nitrogens is 1. The van der Waals surface area contributed by atoms with Gasteiger partial charge in [0.15, 0.2) is 5.41 Å². The molecule has 0 radical (unpaired) electrons. The number of fused-ring (bicyclic) bond motifs is 1. The summed E-state index contributed by atoms with van der Waals surface area (Å²) in [5, 5.41) is 8.21. The lowest BCUT2D eigenvalue weighted by Gasteiger charge is -2.32. The van der Waals surface area contributed by atoms with Crippen LogP contribution >= 0.6 is 0 Å². The molecule has 1 unspecified atom stereocenters. The lowest BCUT2D eigenvalue weighted by molar-refractivity contribution is -0.134. The number of halogens is 1. The number of rotatable bonds is 4. The molecule has 0 saturated carbocycles. The van der Waals surface area contributed by atoms with Gasteiger partial charge in [-0.05, 0) is 54.6 Å². The molecule has 5 rings (SSSR count). The highest BCUT2D eigenvalue weighted by Crippen LogP contribution is 2.40. The summed E-state index contributed by atoms with van der Waals surface area (Å²) in [6.45, 7) is 0. The summed E-state index contributed by atoms with van der Waals surface area (Å²) in [5.41, 5.74) is 1.46. The van der Waals surface area contributed by atoms with Gasteiger partial charge in [0.1, 0.15) is 5.82 Å². The van der Waals surface area contributed by atoms with Crippen molar-refractivity contribution in [2.24, 2.45) is 0 Å². The molecule has 2 aliphatic heterocycles. The Hall–Kier alpha value is -4.46. The van der Waals surface area contributed by atoms with E-state index >= 15 is 0 Å². The Kier molecular flexibility index (Phi) is 4.90. The second-order valence-corrected chi connectivity index (χ2v) is 7.81. The number of H-pyrrole nitrogens is 1. The molecule has 2 aromatic carbocycles. The van der Waals surface area contributed by atoms with Crippen LogP contribution in [0.15, 0.2) is 73.1 Å². The van der Waals surface area contributed by atoms with Gasteiger partial charge in [0.2, 0.25) is 11.8 Å². The van der Waals surface area contributed by atoms with E-state index in [1.165, 1.54) is 30.5 Å². The number of nitrogens with one attached hydrogen (secondary N) is 4. The summed E-state index contributed by atoms with van der Waals surface area (Å²) >= 11 is 0.